The van der Waals surface area contributed by atoms with E-state index >= 15 is 0 Å². The molecule has 1 aromatic heterocycles. The van der Waals surface area contributed by atoms with Crippen LogP contribution in [0.1, 0.15) is 36.4 Å². The highest BCUT2D eigenvalue weighted by Crippen LogP contribution is 2.24. The van der Waals surface area contributed by atoms with Gasteiger partial charge in [-0.05, 0) is 31.9 Å². The third-order valence-corrected chi connectivity index (χ3v) is 2.82. The molecule has 1 heterocycles. The third kappa shape index (κ3) is 2.36. The molecule has 0 bridgehead atoms. The van der Waals surface area contributed by atoms with Crippen molar-refractivity contribution in [3.63, 3.8) is 0 Å². The van der Waals surface area contributed by atoms with Crippen LogP contribution in [0.25, 0.3) is 11.5 Å². The normalized spacial score (nSPS) is 12.7. The smallest absolute Gasteiger partial charge is 0.248 e. The van der Waals surface area contributed by atoms with Gasteiger partial charge in [-0.2, -0.15) is 0 Å². The van der Waals surface area contributed by atoms with Gasteiger partial charge in [0.15, 0.2) is 0 Å². The van der Waals surface area contributed by atoms with Gasteiger partial charge in [-0.15, -0.1) is 10.2 Å². The minimum absolute atomic E-state index is 0.179. The van der Waals surface area contributed by atoms with Crippen LogP contribution in [0.5, 0.6) is 0 Å². The minimum atomic E-state index is -0.179. The molecule has 2 N–H and O–H groups in total. The van der Waals surface area contributed by atoms with Gasteiger partial charge >= 0.3 is 0 Å². The van der Waals surface area contributed by atoms with Crippen molar-refractivity contribution in [1.29, 1.82) is 0 Å². The first kappa shape index (κ1) is 11.8. The Morgan fingerprint density at radius 1 is 1.29 bits per heavy atom. The summed E-state index contributed by atoms with van der Waals surface area (Å²) in [5, 5.41) is 8.05. The number of benzene rings is 1. The first-order valence-corrected chi connectivity index (χ1v) is 5.78. The van der Waals surface area contributed by atoms with Crippen molar-refractivity contribution in [3.05, 3.63) is 35.2 Å². The van der Waals surface area contributed by atoms with Crippen molar-refractivity contribution in [2.75, 3.05) is 0 Å². The van der Waals surface area contributed by atoms with E-state index in [4.69, 9.17) is 10.2 Å². The molecule has 0 aliphatic carbocycles. The zero-order chi connectivity index (χ0) is 12.4. The number of aromatic nitrogens is 2. The largest absolute Gasteiger partial charge is 0.419 e. The Kier molecular flexibility index (Phi) is 3.24. The van der Waals surface area contributed by atoms with E-state index in [0.29, 0.717) is 11.8 Å². The van der Waals surface area contributed by atoms with Gasteiger partial charge in [0.25, 0.3) is 0 Å². The van der Waals surface area contributed by atoms with Gasteiger partial charge in [-0.1, -0.05) is 24.6 Å². The summed E-state index contributed by atoms with van der Waals surface area (Å²) < 4.78 is 5.61. The summed E-state index contributed by atoms with van der Waals surface area (Å²) in [6.45, 7) is 6.06. The second-order valence-corrected chi connectivity index (χ2v) is 4.28. The SMILES string of the molecule is CCC(N)c1nnc(-c2cc(C)ccc2C)o1. The van der Waals surface area contributed by atoms with Gasteiger partial charge in [0.2, 0.25) is 11.8 Å². The lowest BCUT2D eigenvalue weighted by atomic mass is 10.1. The van der Waals surface area contributed by atoms with Crippen LogP contribution in [-0.2, 0) is 0 Å². The summed E-state index contributed by atoms with van der Waals surface area (Å²) in [5.74, 6) is 1.05. The molecule has 2 rings (SSSR count). The molecular weight excluding hydrogens is 214 g/mol. The average molecular weight is 231 g/mol. The number of rotatable bonds is 3. The maximum atomic E-state index is 5.86. The van der Waals surface area contributed by atoms with E-state index in [1.54, 1.807) is 0 Å². The van der Waals surface area contributed by atoms with Crippen LogP contribution in [0, 0.1) is 13.8 Å². The van der Waals surface area contributed by atoms with E-state index in [1.165, 1.54) is 5.56 Å². The Balaban J connectivity index is 2.40. The Bertz CT molecular complexity index is 519. The highest BCUT2D eigenvalue weighted by atomic mass is 16.4. The fourth-order valence-electron chi connectivity index (χ4n) is 1.63. The number of aryl methyl sites for hydroxylation is 2. The third-order valence-electron chi connectivity index (χ3n) is 2.82. The van der Waals surface area contributed by atoms with Crippen molar-refractivity contribution < 1.29 is 4.42 Å². The highest BCUT2D eigenvalue weighted by molar-refractivity contribution is 5.59. The van der Waals surface area contributed by atoms with Crippen LogP contribution in [0.3, 0.4) is 0 Å². The molecule has 2 aromatic rings. The van der Waals surface area contributed by atoms with Gasteiger partial charge in [0.1, 0.15) is 0 Å². The molecule has 0 saturated carbocycles. The summed E-state index contributed by atoms with van der Waals surface area (Å²) in [5.41, 5.74) is 9.13. The van der Waals surface area contributed by atoms with E-state index in [0.717, 1.165) is 17.5 Å². The Hall–Kier alpha value is -1.68. The van der Waals surface area contributed by atoms with Gasteiger partial charge in [-0.25, -0.2) is 0 Å². The van der Waals surface area contributed by atoms with Crippen molar-refractivity contribution in [2.45, 2.75) is 33.2 Å². The molecule has 0 spiro atoms. The molecule has 4 heteroatoms. The van der Waals surface area contributed by atoms with Gasteiger partial charge < -0.3 is 10.2 Å². The van der Waals surface area contributed by atoms with Crippen LogP contribution in [0.4, 0.5) is 0 Å². The standard InChI is InChI=1S/C13H17N3O/c1-4-11(14)13-16-15-12(17-13)10-7-8(2)5-6-9(10)3/h5-7,11H,4,14H2,1-3H3. The second kappa shape index (κ2) is 4.67. The summed E-state index contributed by atoms with van der Waals surface area (Å²) >= 11 is 0. The number of hydrogen-bond donors (Lipinski definition) is 1. The quantitative estimate of drug-likeness (QED) is 0.882. The Morgan fingerprint density at radius 2 is 2.06 bits per heavy atom. The van der Waals surface area contributed by atoms with Crippen LogP contribution >= 0.6 is 0 Å². The molecule has 1 aromatic carbocycles. The van der Waals surface area contributed by atoms with Crippen LogP contribution in [-0.4, -0.2) is 10.2 Å². The first-order chi connectivity index (χ1) is 8.11. The fraction of sp³-hybridized carbons (Fsp3) is 0.385. The van der Waals surface area contributed by atoms with Crippen LogP contribution in [0.2, 0.25) is 0 Å². The number of nitrogens with two attached hydrogens (primary N) is 1. The Morgan fingerprint density at radius 3 is 2.76 bits per heavy atom. The summed E-state index contributed by atoms with van der Waals surface area (Å²) in [7, 11) is 0. The zero-order valence-electron chi connectivity index (χ0n) is 10.4. The molecule has 0 saturated heterocycles. The second-order valence-electron chi connectivity index (χ2n) is 4.28. The average Bonchev–Trinajstić information content (AvgIpc) is 2.80. The first-order valence-electron chi connectivity index (χ1n) is 5.78. The summed E-state index contributed by atoms with van der Waals surface area (Å²) in [6.07, 6.45) is 0.786. The van der Waals surface area contributed by atoms with Crippen LogP contribution < -0.4 is 5.73 Å². The molecular formula is C13H17N3O. The topological polar surface area (TPSA) is 64.9 Å². The monoisotopic (exact) mass is 231 g/mol. The lowest BCUT2D eigenvalue weighted by Crippen LogP contribution is -2.08. The molecule has 17 heavy (non-hydrogen) atoms. The van der Waals surface area contributed by atoms with Gasteiger partial charge in [0, 0.05) is 5.56 Å². The minimum Gasteiger partial charge on any atom is -0.419 e. The molecule has 1 unspecified atom stereocenters. The summed E-state index contributed by atoms with van der Waals surface area (Å²) in [4.78, 5) is 0. The van der Waals surface area contributed by atoms with E-state index in [-0.39, 0.29) is 6.04 Å². The number of nitrogens with zero attached hydrogens (tertiary/aromatic N) is 2. The predicted octanol–water partition coefficient (Wildman–Crippen LogP) is 2.76. The Labute approximate surface area is 101 Å². The van der Waals surface area contributed by atoms with E-state index in [1.807, 2.05) is 32.9 Å². The zero-order valence-corrected chi connectivity index (χ0v) is 10.4. The molecule has 90 valence electrons. The molecule has 0 fully saturated rings. The van der Waals surface area contributed by atoms with E-state index in [9.17, 15) is 0 Å². The lowest BCUT2D eigenvalue weighted by molar-refractivity contribution is 0.452. The molecule has 0 aliphatic heterocycles. The van der Waals surface area contributed by atoms with Gasteiger partial charge in [-0.3, -0.25) is 0 Å². The number of hydrogen-bond acceptors (Lipinski definition) is 4. The van der Waals surface area contributed by atoms with Crippen molar-refractivity contribution in [2.24, 2.45) is 5.73 Å². The van der Waals surface area contributed by atoms with Crippen molar-refractivity contribution in [1.82, 2.24) is 10.2 Å². The van der Waals surface area contributed by atoms with Gasteiger partial charge in [0.05, 0.1) is 6.04 Å². The molecule has 0 radical (unpaired) electrons. The van der Waals surface area contributed by atoms with E-state index in [2.05, 4.69) is 16.3 Å². The van der Waals surface area contributed by atoms with Crippen molar-refractivity contribution in [3.8, 4) is 11.5 Å². The maximum absolute atomic E-state index is 5.86. The fourth-order valence-corrected chi connectivity index (χ4v) is 1.63. The maximum Gasteiger partial charge on any atom is 0.248 e. The van der Waals surface area contributed by atoms with Crippen LogP contribution in [0.15, 0.2) is 22.6 Å². The lowest BCUT2D eigenvalue weighted by Gasteiger charge is -2.03. The summed E-state index contributed by atoms with van der Waals surface area (Å²) in [6, 6.07) is 5.98. The molecule has 1 atom stereocenters. The molecule has 0 aliphatic rings. The molecule has 4 nitrogen and oxygen atoms in total. The van der Waals surface area contributed by atoms with E-state index < -0.39 is 0 Å². The molecule has 0 amide bonds. The highest BCUT2D eigenvalue weighted by Gasteiger charge is 2.14. The predicted molar refractivity (Wildman–Crippen MR) is 66.4 cm³/mol. The van der Waals surface area contributed by atoms with Crippen molar-refractivity contribution >= 4 is 0 Å².